The number of ether oxygens (including phenoxy) is 1. The van der Waals surface area contributed by atoms with Crippen LogP contribution in [0, 0.1) is 11.6 Å². The van der Waals surface area contributed by atoms with Crippen molar-refractivity contribution in [2.24, 2.45) is 4.99 Å². The highest BCUT2D eigenvalue weighted by atomic mass is 35.5. The molecule has 7 nitrogen and oxygen atoms in total. The molecular formula is C26H29ClF2N4O3S. The molecule has 2 aliphatic rings. The van der Waals surface area contributed by atoms with E-state index in [1.165, 1.54) is 23.9 Å². The molecule has 0 radical (unpaired) electrons. The van der Waals surface area contributed by atoms with Crippen molar-refractivity contribution in [1.82, 2.24) is 9.80 Å². The van der Waals surface area contributed by atoms with Crippen molar-refractivity contribution in [3.05, 3.63) is 46.5 Å². The van der Waals surface area contributed by atoms with Crippen LogP contribution in [0.1, 0.15) is 33.3 Å². The number of nitrogens with one attached hydrogen (secondary N) is 1. The van der Waals surface area contributed by atoms with E-state index in [1.807, 2.05) is 27.7 Å². The van der Waals surface area contributed by atoms with Crippen molar-refractivity contribution in [2.75, 3.05) is 37.2 Å². The largest absolute Gasteiger partial charge is 0.444 e. The van der Waals surface area contributed by atoms with E-state index in [2.05, 4.69) is 10.2 Å². The molecule has 2 aromatic carbocycles. The number of nitrogens with zero attached hydrogens (tertiary/aromatic N) is 3. The van der Waals surface area contributed by atoms with E-state index in [0.717, 1.165) is 6.07 Å². The van der Waals surface area contributed by atoms with Gasteiger partial charge in [0.25, 0.3) is 0 Å². The normalized spacial score (nSPS) is 18.0. The van der Waals surface area contributed by atoms with Crippen LogP contribution in [0.3, 0.4) is 0 Å². The zero-order valence-corrected chi connectivity index (χ0v) is 22.7. The lowest BCUT2D eigenvalue weighted by atomic mass is 9.99. The smallest absolute Gasteiger partial charge is 0.410 e. The van der Waals surface area contributed by atoms with Gasteiger partial charge in [0.2, 0.25) is 6.41 Å². The molecule has 1 N–H and O–H groups in total. The number of fused-ring (bicyclic) bond motifs is 2. The summed E-state index contributed by atoms with van der Waals surface area (Å²) in [7, 11) is 0. The number of hydrogen-bond donors (Lipinski definition) is 1. The Balaban J connectivity index is 1.74. The van der Waals surface area contributed by atoms with Crippen LogP contribution in [0.25, 0.3) is 11.1 Å². The second-order valence-electron chi connectivity index (χ2n) is 9.89. The zero-order chi connectivity index (χ0) is 26.9. The fourth-order valence-corrected chi connectivity index (χ4v) is 5.91. The summed E-state index contributed by atoms with van der Waals surface area (Å²) >= 11 is 8.12. The number of amidine groups is 1. The minimum Gasteiger partial charge on any atom is -0.444 e. The summed E-state index contributed by atoms with van der Waals surface area (Å²) in [5.41, 5.74) is 1.01. The molecule has 0 aliphatic carbocycles. The maximum Gasteiger partial charge on any atom is 0.410 e. The molecule has 4 rings (SSSR count). The van der Waals surface area contributed by atoms with E-state index in [0.29, 0.717) is 65.9 Å². The van der Waals surface area contributed by atoms with Gasteiger partial charge in [0.05, 0.1) is 17.3 Å². The Bertz CT molecular complexity index is 1250. The number of thioether (sulfide) groups is 1. The number of rotatable bonds is 3. The summed E-state index contributed by atoms with van der Waals surface area (Å²) in [5.74, 6) is -0.245. The molecule has 198 valence electrons. The predicted octanol–water partition coefficient (Wildman–Crippen LogP) is 5.65. The Morgan fingerprint density at radius 1 is 1.24 bits per heavy atom. The molecule has 11 heteroatoms. The molecule has 2 aliphatic heterocycles. The number of anilines is 1. The molecule has 1 saturated heterocycles. The summed E-state index contributed by atoms with van der Waals surface area (Å²) in [6, 6.07) is 4.89. The Labute approximate surface area is 224 Å². The van der Waals surface area contributed by atoms with E-state index in [4.69, 9.17) is 21.3 Å². The van der Waals surface area contributed by atoms with Gasteiger partial charge in [0, 0.05) is 59.1 Å². The molecule has 1 atom stereocenters. The van der Waals surface area contributed by atoms with E-state index in [-0.39, 0.29) is 22.7 Å². The third kappa shape index (κ3) is 5.85. The number of hydrogen-bond acceptors (Lipinski definition) is 6. The van der Waals surface area contributed by atoms with Gasteiger partial charge >= 0.3 is 6.09 Å². The topological polar surface area (TPSA) is 74.2 Å². The van der Waals surface area contributed by atoms with Crippen LogP contribution in [0.4, 0.5) is 19.3 Å². The first-order valence-electron chi connectivity index (χ1n) is 11.9. The van der Waals surface area contributed by atoms with Crippen LogP contribution in [0.5, 0.6) is 0 Å². The third-order valence-corrected chi connectivity index (χ3v) is 7.41. The van der Waals surface area contributed by atoms with Crippen molar-refractivity contribution in [1.29, 1.82) is 0 Å². The summed E-state index contributed by atoms with van der Waals surface area (Å²) < 4.78 is 33.9. The van der Waals surface area contributed by atoms with Gasteiger partial charge in [0.15, 0.2) is 0 Å². The first-order chi connectivity index (χ1) is 17.5. The van der Waals surface area contributed by atoms with Crippen LogP contribution in [-0.4, -0.2) is 71.7 Å². The first kappa shape index (κ1) is 27.2. The molecule has 2 heterocycles. The van der Waals surface area contributed by atoms with Gasteiger partial charge in [-0.05, 0) is 45.9 Å². The lowest BCUT2D eigenvalue weighted by molar-refractivity contribution is -0.105. The number of halogens is 3. The summed E-state index contributed by atoms with van der Waals surface area (Å²) in [6.45, 7) is 9.31. The van der Waals surface area contributed by atoms with Gasteiger partial charge in [-0.2, -0.15) is 0 Å². The molecule has 37 heavy (non-hydrogen) atoms. The van der Waals surface area contributed by atoms with Crippen LogP contribution in [0.2, 0.25) is 5.02 Å². The van der Waals surface area contributed by atoms with Gasteiger partial charge < -0.3 is 19.9 Å². The highest BCUT2D eigenvalue weighted by Crippen LogP contribution is 2.46. The number of aliphatic imine (C=N–C) groups is 1. The number of piperazine rings is 1. The number of carbonyl (C=O) groups excluding carboxylic acids is 2. The number of benzene rings is 2. The molecule has 1 fully saturated rings. The average molecular weight is 551 g/mol. The average Bonchev–Trinajstić information content (AvgIpc) is 2.80. The molecular weight excluding hydrogens is 522 g/mol. The standard InChI is InChI=1S/C26H29ClF2N4O3S/c1-15-13-32(25(35)36-26(2,3)4)8-9-33(15)24-18-12-19(27)21(17-6-5-16(28)11-20(17)29)23(22(18)31-14-34)37-10-7-30-24/h5-6,11-12,14-15H,7-10,13H2,1-4H3,(H,31,34). The van der Waals surface area contributed by atoms with Gasteiger partial charge in [-0.15, -0.1) is 11.8 Å². The maximum atomic E-state index is 14.8. The monoisotopic (exact) mass is 550 g/mol. The molecule has 2 amide bonds. The SMILES string of the molecule is CC1CN(C(=O)OC(C)(C)C)CCN1C1=NCCSc2c(NC=O)c1cc(Cl)c2-c1ccc(F)cc1F. The van der Waals surface area contributed by atoms with E-state index >= 15 is 0 Å². The van der Waals surface area contributed by atoms with E-state index in [1.54, 1.807) is 11.0 Å². The van der Waals surface area contributed by atoms with Crippen molar-refractivity contribution in [2.45, 2.75) is 44.2 Å². The van der Waals surface area contributed by atoms with Gasteiger partial charge in [-0.1, -0.05) is 11.6 Å². The Kier molecular flexibility index (Phi) is 7.99. The van der Waals surface area contributed by atoms with Crippen LogP contribution < -0.4 is 5.32 Å². The second kappa shape index (κ2) is 10.9. The Morgan fingerprint density at radius 3 is 2.65 bits per heavy atom. The van der Waals surface area contributed by atoms with Gasteiger partial charge in [-0.25, -0.2) is 13.6 Å². The van der Waals surface area contributed by atoms with Gasteiger partial charge in [0.1, 0.15) is 23.1 Å². The fourth-order valence-electron chi connectivity index (χ4n) is 4.49. The van der Waals surface area contributed by atoms with Crippen molar-refractivity contribution >= 4 is 47.4 Å². The minimum atomic E-state index is -0.744. The fraction of sp³-hybridized carbons (Fsp3) is 0.423. The highest BCUT2D eigenvalue weighted by molar-refractivity contribution is 7.99. The minimum absolute atomic E-state index is 0.104. The second-order valence-corrected chi connectivity index (χ2v) is 11.4. The van der Waals surface area contributed by atoms with Crippen LogP contribution >= 0.6 is 23.4 Å². The van der Waals surface area contributed by atoms with Crippen molar-refractivity contribution < 1.29 is 23.1 Å². The molecule has 1 unspecified atom stereocenters. The summed E-state index contributed by atoms with van der Waals surface area (Å²) in [4.78, 5) is 33.4. The van der Waals surface area contributed by atoms with E-state index < -0.39 is 17.2 Å². The number of amides is 2. The highest BCUT2D eigenvalue weighted by Gasteiger charge is 2.34. The van der Waals surface area contributed by atoms with Crippen molar-refractivity contribution in [3.8, 4) is 11.1 Å². The molecule has 2 aromatic rings. The van der Waals surface area contributed by atoms with Crippen LogP contribution in [0.15, 0.2) is 34.2 Å². The zero-order valence-electron chi connectivity index (χ0n) is 21.1. The molecule has 0 aromatic heterocycles. The Morgan fingerprint density at radius 2 is 2.00 bits per heavy atom. The lowest BCUT2D eigenvalue weighted by Gasteiger charge is -2.42. The summed E-state index contributed by atoms with van der Waals surface area (Å²) in [6.07, 6.45) is 0.194. The quantitative estimate of drug-likeness (QED) is 0.500. The van der Waals surface area contributed by atoms with Crippen molar-refractivity contribution in [3.63, 3.8) is 0 Å². The molecule has 0 spiro atoms. The van der Waals surface area contributed by atoms with Gasteiger partial charge in [-0.3, -0.25) is 9.79 Å². The third-order valence-electron chi connectivity index (χ3n) is 6.03. The molecule has 2 bridgehead atoms. The molecule has 0 saturated carbocycles. The van der Waals surface area contributed by atoms with Crippen LogP contribution in [-0.2, 0) is 9.53 Å². The summed E-state index contributed by atoms with van der Waals surface area (Å²) in [5, 5.41) is 3.03. The Hall–Kier alpha value is -2.85. The maximum absolute atomic E-state index is 14.8. The number of carbonyl (C=O) groups is 2. The predicted molar refractivity (Wildman–Crippen MR) is 143 cm³/mol. The lowest BCUT2D eigenvalue weighted by Crippen LogP contribution is -2.56. The van der Waals surface area contributed by atoms with E-state index in [9.17, 15) is 18.4 Å². The first-order valence-corrected chi connectivity index (χ1v) is 13.3.